The van der Waals surface area contributed by atoms with Crippen molar-refractivity contribution >= 4 is 17.8 Å². The molecule has 1 atom stereocenters. The molecule has 0 unspecified atom stereocenters. The summed E-state index contributed by atoms with van der Waals surface area (Å²) in [5.41, 5.74) is 2.44. The summed E-state index contributed by atoms with van der Waals surface area (Å²) in [6.07, 6.45) is 2.34. The lowest BCUT2D eigenvalue weighted by atomic mass is 10.1. The van der Waals surface area contributed by atoms with Crippen LogP contribution in [-0.4, -0.2) is 37.9 Å². The minimum absolute atomic E-state index is 0.246. The Bertz CT molecular complexity index is 941. The fourth-order valence-electron chi connectivity index (χ4n) is 2.84. The summed E-state index contributed by atoms with van der Waals surface area (Å²) in [5, 5.41) is 18.7. The van der Waals surface area contributed by atoms with E-state index in [0.717, 1.165) is 11.1 Å². The van der Waals surface area contributed by atoms with E-state index >= 15 is 0 Å². The zero-order chi connectivity index (χ0) is 19.9. The average Bonchev–Trinajstić information content (AvgIpc) is 3.11. The molecule has 0 fully saturated rings. The van der Waals surface area contributed by atoms with Crippen LogP contribution < -0.4 is 10.6 Å². The van der Waals surface area contributed by atoms with Crippen LogP contribution in [0.1, 0.15) is 12.5 Å². The number of benzene rings is 1. The molecule has 3 N–H and O–H groups in total. The summed E-state index contributed by atoms with van der Waals surface area (Å²) in [6, 6.07) is 13.8. The molecule has 3 rings (SSSR count). The van der Waals surface area contributed by atoms with Gasteiger partial charge in [-0.3, -0.25) is 9.78 Å². The van der Waals surface area contributed by atoms with E-state index in [-0.39, 0.29) is 6.42 Å². The predicted molar refractivity (Wildman–Crippen MR) is 105 cm³/mol. The van der Waals surface area contributed by atoms with Crippen molar-refractivity contribution in [3.8, 4) is 11.3 Å². The molecule has 1 aromatic carbocycles. The van der Waals surface area contributed by atoms with Crippen LogP contribution >= 0.6 is 0 Å². The molecule has 144 valence electrons. The Morgan fingerprint density at radius 3 is 2.50 bits per heavy atom. The highest BCUT2D eigenvalue weighted by atomic mass is 16.4. The lowest BCUT2D eigenvalue weighted by Crippen LogP contribution is -2.44. The van der Waals surface area contributed by atoms with Gasteiger partial charge in [-0.15, -0.1) is 0 Å². The van der Waals surface area contributed by atoms with E-state index in [1.807, 2.05) is 49.4 Å². The Hall–Kier alpha value is -3.68. The van der Waals surface area contributed by atoms with Crippen LogP contribution in [-0.2, 0) is 17.8 Å². The summed E-state index contributed by atoms with van der Waals surface area (Å²) in [7, 11) is 0. The summed E-state index contributed by atoms with van der Waals surface area (Å²) >= 11 is 0. The van der Waals surface area contributed by atoms with E-state index in [1.54, 1.807) is 23.1 Å². The molecule has 0 bridgehead atoms. The maximum absolute atomic E-state index is 12.8. The first-order valence-electron chi connectivity index (χ1n) is 8.89. The minimum atomic E-state index is -1.25. The molecular formula is C20H21N5O3. The van der Waals surface area contributed by atoms with E-state index in [4.69, 9.17) is 5.11 Å². The monoisotopic (exact) mass is 379 g/mol. The molecule has 2 heterocycles. The van der Waals surface area contributed by atoms with Crippen LogP contribution in [0, 0.1) is 0 Å². The molecule has 0 spiro atoms. The topological polar surface area (TPSA) is 109 Å². The fraction of sp³-hybridized carbons (Fsp3) is 0.200. The Morgan fingerprint density at radius 2 is 1.86 bits per heavy atom. The molecule has 2 aromatic heterocycles. The molecule has 0 aliphatic carbocycles. The van der Waals surface area contributed by atoms with Gasteiger partial charge in [0.25, 0.3) is 0 Å². The Labute approximate surface area is 162 Å². The van der Waals surface area contributed by atoms with Gasteiger partial charge in [0, 0.05) is 37.0 Å². The number of hydrogen-bond donors (Lipinski definition) is 3. The molecule has 8 heteroatoms. The lowest BCUT2D eigenvalue weighted by molar-refractivity contribution is -0.118. The van der Waals surface area contributed by atoms with Crippen molar-refractivity contribution in [1.82, 2.24) is 20.1 Å². The molecule has 0 saturated heterocycles. The lowest BCUT2D eigenvalue weighted by Gasteiger charge is -2.17. The first-order valence-corrected chi connectivity index (χ1v) is 8.89. The number of aromatic nitrogens is 3. The van der Waals surface area contributed by atoms with Gasteiger partial charge in [-0.1, -0.05) is 30.3 Å². The van der Waals surface area contributed by atoms with Gasteiger partial charge in [0.2, 0.25) is 5.91 Å². The Morgan fingerprint density at radius 1 is 1.14 bits per heavy atom. The maximum atomic E-state index is 12.8. The van der Waals surface area contributed by atoms with Gasteiger partial charge in [0.1, 0.15) is 11.9 Å². The molecule has 0 aliphatic rings. The second-order valence-electron chi connectivity index (χ2n) is 6.15. The van der Waals surface area contributed by atoms with E-state index in [0.29, 0.717) is 18.1 Å². The van der Waals surface area contributed by atoms with Crippen molar-refractivity contribution < 1.29 is 14.7 Å². The zero-order valence-corrected chi connectivity index (χ0v) is 15.4. The number of aryl methyl sites for hydroxylation is 1. The minimum Gasteiger partial charge on any atom is -0.465 e. The van der Waals surface area contributed by atoms with Crippen LogP contribution in [0.25, 0.3) is 11.3 Å². The van der Waals surface area contributed by atoms with Crippen LogP contribution in [0.2, 0.25) is 0 Å². The largest absolute Gasteiger partial charge is 0.465 e. The van der Waals surface area contributed by atoms with Crippen molar-refractivity contribution in [2.24, 2.45) is 0 Å². The molecular weight excluding hydrogens is 358 g/mol. The standard InChI is InChI=1S/C20H21N5O3/c1-2-25-18(13-16(24-25)15-8-10-21-11-9-15)23-19(26)17(22-20(27)28)12-14-6-4-3-5-7-14/h3-11,13,17,22H,2,12H2,1H3,(H,23,26)(H,27,28)/t17-/m0/s1. The highest BCUT2D eigenvalue weighted by Gasteiger charge is 2.22. The third-order valence-electron chi connectivity index (χ3n) is 4.20. The van der Waals surface area contributed by atoms with Gasteiger partial charge in [-0.2, -0.15) is 5.10 Å². The number of nitrogens with zero attached hydrogens (tertiary/aromatic N) is 3. The Balaban J connectivity index is 1.80. The van der Waals surface area contributed by atoms with Gasteiger partial charge >= 0.3 is 6.09 Å². The summed E-state index contributed by atoms with van der Waals surface area (Å²) < 4.78 is 1.66. The predicted octanol–water partition coefficient (Wildman–Crippen LogP) is 2.78. The normalized spacial score (nSPS) is 11.6. The van der Waals surface area contributed by atoms with Crippen LogP contribution in [0.15, 0.2) is 60.9 Å². The fourth-order valence-corrected chi connectivity index (χ4v) is 2.84. The number of rotatable bonds is 7. The summed E-state index contributed by atoms with van der Waals surface area (Å²) in [5.74, 6) is 0.0618. The smallest absolute Gasteiger partial charge is 0.405 e. The number of amides is 2. The number of hydrogen-bond acceptors (Lipinski definition) is 4. The van der Waals surface area contributed by atoms with Gasteiger partial charge in [-0.05, 0) is 24.6 Å². The van der Waals surface area contributed by atoms with Gasteiger partial charge in [0.05, 0.1) is 5.69 Å². The Kier molecular flexibility index (Phi) is 6.01. The van der Waals surface area contributed by atoms with Gasteiger partial charge in [-0.25, -0.2) is 9.48 Å². The second kappa shape index (κ2) is 8.81. The SMILES string of the molecule is CCn1nc(-c2ccncc2)cc1NC(=O)[C@H](Cc1ccccc1)NC(=O)O. The number of pyridine rings is 1. The third kappa shape index (κ3) is 4.73. The van der Waals surface area contributed by atoms with Crippen LogP contribution in [0.4, 0.5) is 10.6 Å². The molecule has 8 nitrogen and oxygen atoms in total. The van der Waals surface area contributed by atoms with E-state index in [9.17, 15) is 9.59 Å². The van der Waals surface area contributed by atoms with Crippen molar-refractivity contribution in [1.29, 1.82) is 0 Å². The van der Waals surface area contributed by atoms with E-state index in [2.05, 4.69) is 20.7 Å². The third-order valence-corrected chi connectivity index (χ3v) is 4.20. The highest BCUT2D eigenvalue weighted by molar-refractivity contribution is 5.96. The quantitative estimate of drug-likeness (QED) is 0.585. The maximum Gasteiger partial charge on any atom is 0.405 e. The number of anilines is 1. The number of nitrogens with one attached hydrogen (secondary N) is 2. The molecule has 3 aromatic rings. The van der Waals surface area contributed by atoms with Crippen molar-refractivity contribution in [2.45, 2.75) is 25.9 Å². The van der Waals surface area contributed by atoms with Crippen molar-refractivity contribution in [3.05, 3.63) is 66.5 Å². The second-order valence-corrected chi connectivity index (χ2v) is 6.15. The van der Waals surface area contributed by atoms with Crippen molar-refractivity contribution in [2.75, 3.05) is 5.32 Å². The van der Waals surface area contributed by atoms with E-state index in [1.165, 1.54) is 0 Å². The average molecular weight is 379 g/mol. The molecule has 0 saturated carbocycles. The molecule has 2 amide bonds. The first kappa shape index (κ1) is 19.1. The van der Waals surface area contributed by atoms with Crippen LogP contribution in [0.5, 0.6) is 0 Å². The van der Waals surface area contributed by atoms with Crippen molar-refractivity contribution in [3.63, 3.8) is 0 Å². The van der Waals surface area contributed by atoms with Gasteiger partial charge in [0.15, 0.2) is 0 Å². The first-order chi connectivity index (χ1) is 13.6. The molecule has 0 aliphatic heterocycles. The summed E-state index contributed by atoms with van der Waals surface area (Å²) in [6.45, 7) is 2.46. The van der Waals surface area contributed by atoms with Crippen LogP contribution in [0.3, 0.4) is 0 Å². The number of carboxylic acid groups (broad SMARTS) is 1. The van der Waals surface area contributed by atoms with E-state index < -0.39 is 18.0 Å². The number of carbonyl (C=O) groups is 2. The molecule has 28 heavy (non-hydrogen) atoms. The summed E-state index contributed by atoms with van der Waals surface area (Å²) in [4.78, 5) is 27.9. The highest BCUT2D eigenvalue weighted by Crippen LogP contribution is 2.21. The van der Waals surface area contributed by atoms with Gasteiger partial charge < -0.3 is 15.7 Å². The zero-order valence-electron chi connectivity index (χ0n) is 15.4. The number of carbonyl (C=O) groups excluding carboxylic acids is 1. The molecule has 0 radical (unpaired) electrons.